The van der Waals surface area contributed by atoms with E-state index >= 15 is 0 Å². The first-order chi connectivity index (χ1) is 17.2. The van der Waals surface area contributed by atoms with Crippen molar-refractivity contribution in [1.82, 2.24) is 0 Å². The van der Waals surface area contributed by atoms with E-state index in [2.05, 4.69) is 0 Å². The van der Waals surface area contributed by atoms with Gasteiger partial charge in [0.15, 0.2) is 23.0 Å². The minimum absolute atomic E-state index is 0.444. The highest BCUT2D eigenvalue weighted by molar-refractivity contribution is 6.20. The highest BCUT2D eigenvalue weighted by Crippen LogP contribution is 2.33. The van der Waals surface area contributed by atoms with Crippen molar-refractivity contribution in [3.63, 3.8) is 0 Å². The molecular formula is C28H26BO6. The van der Waals surface area contributed by atoms with Crippen molar-refractivity contribution in [2.24, 2.45) is 0 Å². The zero-order valence-electron chi connectivity index (χ0n) is 19.7. The highest BCUT2D eigenvalue weighted by Gasteiger charge is 2.11. The monoisotopic (exact) mass is 469 g/mol. The number of hydrogen-bond donors (Lipinski definition) is 0. The van der Waals surface area contributed by atoms with E-state index in [1.54, 1.807) is 50.6 Å². The second-order valence-electron chi connectivity index (χ2n) is 7.51. The molecule has 0 heterocycles. The Balaban J connectivity index is 1.30. The van der Waals surface area contributed by atoms with E-state index < -0.39 is 0 Å². The summed E-state index contributed by atoms with van der Waals surface area (Å²) < 4.78 is 33.9. The molecule has 7 heteroatoms. The van der Waals surface area contributed by atoms with Crippen LogP contribution in [0.2, 0.25) is 0 Å². The van der Waals surface area contributed by atoms with E-state index in [0.717, 1.165) is 11.1 Å². The van der Waals surface area contributed by atoms with Crippen molar-refractivity contribution in [3.8, 4) is 34.5 Å². The molecule has 0 aliphatic heterocycles. The third-order valence-electron chi connectivity index (χ3n) is 5.11. The molecule has 0 atom stereocenters. The van der Waals surface area contributed by atoms with Crippen molar-refractivity contribution in [1.29, 1.82) is 0 Å². The number of benzene rings is 4. The summed E-state index contributed by atoms with van der Waals surface area (Å²) in [5.41, 5.74) is 2.15. The van der Waals surface area contributed by atoms with Crippen LogP contribution in [0.25, 0.3) is 0 Å². The molecule has 0 unspecified atom stereocenters. The molecule has 4 rings (SSSR count). The maximum Gasteiger partial charge on any atom is 0.658 e. The number of hydrogen-bond acceptors (Lipinski definition) is 6. The Morgan fingerprint density at radius 3 is 1.34 bits per heavy atom. The van der Waals surface area contributed by atoms with Crippen molar-refractivity contribution in [3.05, 3.63) is 108 Å². The van der Waals surface area contributed by atoms with E-state index in [4.69, 9.17) is 28.3 Å². The van der Waals surface area contributed by atoms with E-state index in [1.807, 2.05) is 60.7 Å². The first-order valence-electron chi connectivity index (χ1n) is 11.1. The number of rotatable bonds is 12. The fourth-order valence-electron chi connectivity index (χ4n) is 3.29. The lowest BCUT2D eigenvalue weighted by Crippen LogP contribution is -2.11. The van der Waals surface area contributed by atoms with E-state index in [1.165, 1.54) is 7.69 Å². The maximum absolute atomic E-state index is 5.88. The molecule has 0 spiro atoms. The quantitative estimate of drug-likeness (QED) is 0.243. The molecule has 4 aromatic carbocycles. The molecule has 0 fully saturated rings. The van der Waals surface area contributed by atoms with Gasteiger partial charge in [-0.15, -0.1) is 0 Å². The van der Waals surface area contributed by atoms with Crippen LogP contribution in [-0.4, -0.2) is 21.9 Å². The summed E-state index contributed by atoms with van der Waals surface area (Å²) >= 11 is 0. The molecule has 35 heavy (non-hydrogen) atoms. The van der Waals surface area contributed by atoms with Gasteiger partial charge in [-0.2, -0.15) is 0 Å². The fraction of sp³-hybridized carbons (Fsp3) is 0.143. The van der Waals surface area contributed by atoms with E-state index in [9.17, 15) is 0 Å². The minimum Gasteiger partial charge on any atom is -0.526 e. The van der Waals surface area contributed by atoms with Crippen molar-refractivity contribution >= 4 is 7.69 Å². The molecule has 6 nitrogen and oxygen atoms in total. The van der Waals surface area contributed by atoms with Gasteiger partial charge in [0.25, 0.3) is 0 Å². The van der Waals surface area contributed by atoms with Crippen LogP contribution in [0.3, 0.4) is 0 Å². The van der Waals surface area contributed by atoms with Crippen LogP contribution in [0, 0.1) is 0 Å². The second-order valence-corrected chi connectivity index (χ2v) is 7.51. The Morgan fingerprint density at radius 2 is 0.943 bits per heavy atom. The second kappa shape index (κ2) is 12.3. The average molecular weight is 469 g/mol. The van der Waals surface area contributed by atoms with Gasteiger partial charge >= 0.3 is 7.69 Å². The summed E-state index contributed by atoms with van der Waals surface area (Å²) in [7, 11) is 4.42. The lowest BCUT2D eigenvalue weighted by molar-refractivity contribution is 0.283. The average Bonchev–Trinajstić information content (AvgIpc) is 2.92. The molecule has 1 radical (unpaired) electrons. The van der Waals surface area contributed by atoms with Gasteiger partial charge < -0.3 is 28.3 Å². The molecule has 177 valence electrons. The Bertz CT molecular complexity index is 1110. The molecule has 4 aromatic rings. The Labute approximate surface area is 206 Å². The zero-order chi connectivity index (χ0) is 24.3. The largest absolute Gasteiger partial charge is 0.658 e. The summed E-state index contributed by atoms with van der Waals surface area (Å²) in [5.74, 6) is 3.47. The van der Waals surface area contributed by atoms with E-state index in [-0.39, 0.29) is 0 Å². The Morgan fingerprint density at radius 1 is 0.514 bits per heavy atom. The third kappa shape index (κ3) is 6.87. The van der Waals surface area contributed by atoms with Crippen LogP contribution in [0.15, 0.2) is 97.1 Å². The fourth-order valence-corrected chi connectivity index (χ4v) is 3.29. The van der Waals surface area contributed by atoms with Gasteiger partial charge in [-0.05, 0) is 35.4 Å². The van der Waals surface area contributed by atoms with Gasteiger partial charge in [0.2, 0.25) is 0 Å². The standard InChI is InChI=1S/C28H26BO6/c1-30-27-17-23(13-15-25(27)32-19-21-9-5-3-6-10-21)34-29-35-24-14-16-26(28(18-24)31-2)33-20-22-11-7-4-8-12-22/h3-18H,19-20H2,1-2H3. The van der Waals surface area contributed by atoms with Crippen molar-refractivity contribution < 1.29 is 28.3 Å². The van der Waals surface area contributed by atoms with E-state index in [0.29, 0.717) is 47.7 Å². The molecule has 0 N–H and O–H groups in total. The molecule has 0 saturated carbocycles. The summed E-state index contributed by atoms with van der Waals surface area (Å²) in [4.78, 5) is 0. The molecule has 0 aromatic heterocycles. The van der Waals surface area contributed by atoms with Gasteiger partial charge in [0.05, 0.1) is 14.2 Å². The normalized spacial score (nSPS) is 10.2. The lowest BCUT2D eigenvalue weighted by atomic mass is 10.2. The van der Waals surface area contributed by atoms with Crippen LogP contribution in [0.4, 0.5) is 0 Å². The minimum atomic E-state index is 0.444. The number of methoxy groups -OCH3 is 2. The summed E-state index contributed by atoms with van der Waals surface area (Å²) in [6.45, 7) is 0.888. The van der Waals surface area contributed by atoms with Crippen molar-refractivity contribution in [2.45, 2.75) is 13.2 Å². The topological polar surface area (TPSA) is 55.4 Å². The third-order valence-corrected chi connectivity index (χ3v) is 5.11. The van der Waals surface area contributed by atoms with Crippen LogP contribution in [0.1, 0.15) is 11.1 Å². The SMILES string of the molecule is COc1cc(O[B]Oc2ccc(OCc3ccccc3)c(OC)c2)ccc1OCc1ccccc1. The van der Waals surface area contributed by atoms with Gasteiger partial charge in [0, 0.05) is 12.1 Å². The van der Waals surface area contributed by atoms with Crippen LogP contribution in [0.5, 0.6) is 34.5 Å². The van der Waals surface area contributed by atoms with Gasteiger partial charge in [-0.25, -0.2) is 0 Å². The molecular weight excluding hydrogens is 443 g/mol. The lowest BCUT2D eigenvalue weighted by Gasteiger charge is -2.14. The van der Waals surface area contributed by atoms with Crippen LogP contribution >= 0.6 is 0 Å². The van der Waals surface area contributed by atoms with Gasteiger partial charge in [-0.1, -0.05) is 60.7 Å². The van der Waals surface area contributed by atoms with Gasteiger partial charge in [0.1, 0.15) is 24.7 Å². The molecule has 0 saturated heterocycles. The summed E-state index contributed by atoms with van der Waals surface area (Å²) in [5, 5.41) is 0. The predicted molar refractivity (Wildman–Crippen MR) is 135 cm³/mol. The van der Waals surface area contributed by atoms with Gasteiger partial charge in [-0.3, -0.25) is 0 Å². The first-order valence-corrected chi connectivity index (χ1v) is 11.1. The summed E-state index contributed by atoms with van der Waals surface area (Å²) in [6.07, 6.45) is 0. The molecule has 0 amide bonds. The Kier molecular flexibility index (Phi) is 8.38. The zero-order valence-corrected chi connectivity index (χ0v) is 19.7. The first kappa shape index (κ1) is 23.9. The molecule has 0 aliphatic carbocycles. The smallest absolute Gasteiger partial charge is 0.526 e. The van der Waals surface area contributed by atoms with Crippen LogP contribution < -0.4 is 28.3 Å². The molecule has 0 bridgehead atoms. The number of ether oxygens (including phenoxy) is 4. The maximum atomic E-state index is 5.88. The predicted octanol–water partition coefficient (Wildman–Crippen LogP) is 5.85. The molecule has 0 aliphatic rings. The van der Waals surface area contributed by atoms with Crippen molar-refractivity contribution in [2.75, 3.05) is 14.2 Å². The van der Waals surface area contributed by atoms with Crippen LogP contribution in [-0.2, 0) is 13.2 Å². The Hall–Kier alpha value is -4.26. The highest BCUT2D eigenvalue weighted by atomic mass is 16.6. The summed E-state index contributed by atoms with van der Waals surface area (Å²) in [6, 6.07) is 30.5.